The van der Waals surface area contributed by atoms with Gasteiger partial charge in [-0.25, -0.2) is 0 Å². The van der Waals surface area contributed by atoms with E-state index < -0.39 is 0 Å². The SMILES string of the molecule is CCCCCCCC1CCC([C@]2(C#N)CC[C@@H](C3CCC(CCCCC)CC3)CC2)CC1. The molecule has 0 radical (unpaired) electrons. The van der Waals surface area contributed by atoms with Gasteiger partial charge in [0.1, 0.15) is 0 Å². The van der Waals surface area contributed by atoms with Crippen LogP contribution in [0.3, 0.4) is 0 Å². The lowest BCUT2D eigenvalue weighted by Gasteiger charge is -2.46. The van der Waals surface area contributed by atoms with Crippen LogP contribution in [0.4, 0.5) is 0 Å². The van der Waals surface area contributed by atoms with Gasteiger partial charge in [0.25, 0.3) is 0 Å². The van der Waals surface area contributed by atoms with E-state index in [9.17, 15) is 5.26 Å². The van der Waals surface area contributed by atoms with E-state index in [1.165, 1.54) is 141 Å². The minimum atomic E-state index is 0.0416. The van der Waals surface area contributed by atoms with E-state index in [0.29, 0.717) is 5.92 Å². The first-order chi connectivity index (χ1) is 15.7. The molecule has 3 aliphatic rings. The zero-order valence-corrected chi connectivity index (χ0v) is 21.9. The summed E-state index contributed by atoms with van der Waals surface area (Å²) >= 11 is 0. The molecule has 0 bridgehead atoms. The summed E-state index contributed by atoms with van der Waals surface area (Å²) < 4.78 is 0. The second-order valence-electron chi connectivity index (χ2n) is 12.3. The summed E-state index contributed by atoms with van der Waals surface area (Å²) in [6.07, 6.45) is 30.9. The Hall–Kier alpha value is -0.510. The van der Waals surface area contributed by atoms with Gasteiger partial charge in [0, 0.05) is 0 Å². The molecular weight excluding hydrogens is 386 g/mol. The number of nitriles is 1. The molecule has 0 heterocycles. The Labute approximate surface area is 201 Å². The van der Waals surface area contributed by atoms with Gasteiger partial charge in [-0.3, -0.25) is 0 Å². The number of nitrogens with zero attached hydrogens (tertiary/aromatic N) is 1. The predicted molar refractivity (Wildman–Crippen MR) is 138 cm³/mol. The van der Waals surface area contributed by atoms with Crippen LogP contribution in [0.5, 0.6) is 0 Å². The Bertz CT molecular complexity index is 521. The molecule has 0 aromatic heterocycles. The van der Waals surface area contributed by atoms with Gasteiger partial charge in [0.2, 0.25) is 0 Å². The summed E-state index contributed by atoms with van der Waals surface area (Å²) in [5.74, 6) is 4.62. The van der Waals surface area contributed by atoms with Gasteiger partial charge in [-0.05, 0) is 81.0 Å². The first-order valence-electron chi connectivity index (χ1n) is 15.1. The summed E-state index contributed by atoms with van der Waals surface area (Å²) in [7, 11) is 0. The lowest BCUT2D eigenvalue weighted by Crippen LogP contribution is -2.38. The van der Waals surface area contributed by atoms with Crippen molar-refractivity contribution in [1.82, 2.24) is 0 Å². The third-order valence-corrected chi connectivity index (χ3v) is 10.3. The second-order valence-corrected chi connectivity index (χ2v) is 12.3. The maximum Gasteiger partial charge on any atom is 0.0692 e. The summed E-state index contributed by atoms with van der Waals surface area (Å²) in [6.45, 7) is 4.63. The van der Waals surface area contributed by atoms with Crippen molar-refractivity contribution in [2.75, 3.05) is 0 Å². The van der Waals surface area contributed by atoms with Crippen LogP contribution < -0.4 is 0 Å². The maximum atomic E-state index is 10.3. The highest BCUT2D eigenvalue weighted by molar-refractivity contribution is 5.06. The van der Waals surface area contributed by atoms with Crippen LogP contribution in [-0.4, -0.2) is 0 Å². The molecule has 3 rings (SSSR count). The van der Waals surface area contributed by atoms with Gasteiger partial charge in [-0.1, -0.05) is 104 Å². The fourth-order valence-corrected chi connectivity index (χ4v) is 7.91. The number of unbranched alkanes of at least 4 members (excludes halogenated alkanes) is 6. The predicted octanol–water partition coefficient (Wildman–Crippen LogP) is 10.2. The highest BCUT2D eigenvalue weighted by Gasteiger charge is 2.44. The number of hydrogen-bond acceptors (Lipinski definition) is 1. The van der Waals surface area contributed by atoms with Crippen LogP contribution in [0.15, 0.2) is 0 Å². The quantitative estimate of drug-likeness (QED) is 0.276. The molecule has 3 saturated carbocycles. The van der Waals surface area contributed by atoms with Gasteiger partial charge in [-0.15, -0.1) is 0 Å². The Morgan fingerprint density at radius 1 is 0.594 bits per heavy atom. The number of hydrogen-bond donors (Lipinski definition) is 0. The first kappa shape index (κ1) is 26.1. The smallest absolute Gasteiger partial charge is 0.0692 e. The van der Waals surface area contributed by atoms with Crippen LogP contribution in [0, 0.1) is 46.3 Å². The van der Waals surface area contributed by atoms with Gasteiger partial charge in [0.05, 0.1) is 11.5 Å². The molecule has 0 aromatic carbocycles. The topological polar surface area (TPSA) is 23.8 Å². The highest BCUT2D eigenvalue weighted by atomic mass is 14.5. The first-order valence-corrected chi connectivity index (χ1v) is 15.1. The van der Waals surface area contributed by atoms with E-state index in [1.807, 2.05) is 0 Å². The van der Waals surface area contributed by atoms with Crippen LogP contribution in [0.1, 0.15) is 155 Å². The van der Waals surface area contributed by atoms with E-state index in [0.717, 1.165) is 23.7 Å². The van der Waals surface area contributed by atoms with Crippen LogP contribution in [-0.2, 0) is 0 Å². The molecule has 3 aliphatic carbocycles. The fourth-order valence-electron chi connectivity index (χ4n) is 7.91. The molecule has 0 aliphatic heterocycles. The van der Waals surface area contributed by atoms with Crippen molar-refractivity contribution >= 4 is 0 Å². The Balaban J connectivity index is 1.36. The Morgan fingerprint density at radius 3 is 1.62 bits per heavy atom. The molecule has 0 saturated heterocycles. The molecule has 0 aromatic rings. The van der Waals surface area contributed by atoms with E-state index in [2.05, 4.69) is 19.9 Å². The highest BCUT2D eigenvalue weighted by Crippen LogP contribution is 2.52. The number of rotatable bonds is 12. The Kier molecular flexibility index (Phi) is 11.4. The second kappa shape index (κ2) is 14.0. The molecule has 1 nitrogen and oxygen atoms in total. The van der Waals surface area contributed by atoms with Crippen molar-refractivity contribution < 1.29 is 0 Å². The Morgan fingerprint density at radius 2 is 1.06 bits per heavy atom. The molecule has 184 valence electrons. The fraction of sp³-hybridized carbons (Fsp3) is 0.968. The van der Waals surface area contributed by atoms with Crippen molar-refractivity contribution in [3.8, 4) is 6.07 Å². The van der Waals surface area contributed by atoms with E-state index in [4.69, 9.17) is 0 Å². The van der Waals surface area contributed by atoms with Gasteiger partial charge < -0.3 is 0 Å². The minimum Gasteiger partial charge on any atom is -0.198 e. The van der Waals surface area contributed by atoms with E-state index in [-0.39, 0.29) is 5.41 Å². The summed E-state index contributed by atoms with van der Waals surface area (Å²) in [4.78, 5) is 0. The molecule has 0 unspecified atom stereocenters. The van der Waals surface area contributed by atoms with Crippen molar-refractivity contribution in [2.45, 2.75) is 155 Å². The zero-order chi connectivity index (χ0) is 22.7. The standard InChI is InChI=1S/C31H55N/c1-3-5-7-8-10-12-27-15-19-30(20-16-27)31(25-32)23-21-29(22-24-31)28-17-13-26(14-18-28)11-9-6-4-2/h26-30H,3-24H2,1-2H3/t26?,27?,28?,29-,30?,31-. The van der Waals surface area contributed by atoms with E-state index in [1.54, 1.807) is 0 Å². The molecule has 3 fully saturated rings. The average molecular weight is 442 g/mol. The zero-order valence-electron chi connectivity index (χ0n) is 21.9. The minimum absolute atomic E-state index is 0.0416. The molecule has 0 atom stereocenters. The van der Waals surface area contributed by atoms with Crippen molar-refractivity contribution in [3.05, 3.63) is 0 Å². The normalized spacial score (nSPS) is 36.0. The lowest BCUT2D eigenvalue weighted by atomic mass is 9.57. The van der Waals surface area contributed by atoms with Gasteiger partial charge in [-0.2, -0.15) is 5.26 Å². The third kappa shape index (κ3) is 7.50. The summed E-state index contributed by atoms with van der Waals surface area (Å²) in [6, 6.07) is 2.93. The molecule has 0 N–H and O–H groups in total. The van der Waals surface area contributed by atoms with Crippen LogP contribution in [0.2, 0.25) is 0 Å². The van der Waals surface area contributed by atoms with Crippen molar-refractivity contribution in [1.29, 1.82) is 5.26 Å². The molecule has 0 spiro atoms. The van der Waals surface area contributed by atoms with Crippen molar-refractivity contribution in [3.63, 3.8) is 0 Å². The van der Waals surface area contributed by atoms with E-state index >= 15 is 0 Å². The van der Waals surface area contributed by atoms with Crippen molar-refractivity contribution in [2.24, 2.45) is 35.0 Å². The van der Waals surface area contributed by atoms with Gasteiger partial charge >= 0.3 is 0 Å². The molecule has 1 heteroatoms. The molecule has 32 heavy (non-hydrogen) atoms. The molecular formula is C31H55N. The maximum absolute atomic E-state index is 10.3. The summed E-state index contributed by atoms with van der Waals surface area (Å²) in [5.41, 5.74) is 0.0416. The third-order valence-electron chi connectivity index (χ3n) is 10.3. The monoisotopic (exact) mass is 441 g/mol. The largest absolute Gasteiger partial charge is 0.198 e. The van der Waals surface area contributed by atoms with Gasteiger partial charge in [0.15, 0.2) is 0 Å². The lowest BCUT2D eigenvalue weighted by molar-refractivity contribution is 0.0601. The van der Waals surface area contributed by atoms with Crippen LogP contribution in [0.25, 0.3) is 0 Å². The summed E-state index contributed by atoms with van der Waals surface area (Å²) in [5, 5.41) is 10.3. The van der Waals surface area contributed by atoms with Crippen LogP contribution >= 0.6 is 0 Å². The molecule has 0 amide bonds. The average Bonchev–Trinajstić information content (AvgIpc) is 2.85.